The second kappa shape index (κ2) is 30.7. The Labute approximate surface area is 332 Å². The Morgan fingerprint density at radius 2 is 1.14 bits per heavy atom. The summed E-state index contributed by atoms with van der Waals surface area (Å²) < 4.78 is 0. The normalized spacial score (nSPS) is 13.1. The number of primary amides is 1. The molecule has 4 atom stereocenters. The minimum Gasteiger partial charge on any atom is -0.481 e. The van der Waals surface area contributed by atoms with Gasteiger partial charge in [0.05, 0.1) is 6.04 Å². The van der Waals surface area contributed by atoms with Crippen LogP contribution in [0.5, 0.6) is 0 Å². The average molecular weight is 789 g/mol. The summed E-state index contributed by atoms with van der Waals surface area (Å²) in [4.78, 5) is 85.6. The van der Waals surface area contributed by atoms with E-state index in [1.54, 1.807) is 30.3 Å². The number of aliphatic carboxylic acids is 2. The highest BCUT2D eigenvalue weighted by Crippen LogP contribution is 2.13. The van der Waals surface area contributed by atoms with Crippen LogP contribution in [0.3, 0.4) is 0 Å². The van der Waals surface area contributed by atoms with E-state index in [2.05, 4.69) is 28.2 Å². The maximum absolute atomic E-state index is 13.0. The van der Waals surface area contributed by atoms with Gasteiger partial charge >= 0.3 is 11.9 Å². The van der Waals surface area contributed by atoms with E-state index in [0.29, 0.717) is 19.3 Å². The van der Waals surface area contributed by atoms with E-state index in [1.165, 1.54) is 57.8 Å². The quantitative estimate of drug-likeness (QED) is 0.0466. The van der Waals surface area contributed by atoms with Gasteiger partial charge in [0, 0.05) is 32.2 Å². The molecule has 0 aliphatic heterocycles. The Morgan fingerprint density at radius 3 is 1.70 bits per heavy atom. The number of nitrogens with one attached hydrogen (secondary N) is 4. The number of carboxylic acids is 2. The molecule has 0 aliphatic rings. The van der Waals surface area contributed by atoms with E-state index in [4.69, 9.17) is 16.6 Å². The van der Waals surface area contributed by atoms with Crippen molar-refractivity contribution in [1.82, 2.24) is 21.3 Å². The summed E-state index contributed by atoms with van der Waals surface area (Å²) in [6, 6.07) is 4.26. The number of carboxylic acid groups (broad SMARTS) is 2. The summed E-state index contributed by atoms with van der Waals surface area (Å²) in [5.74, 6) is -5.35. The molecule has 0 saturated carbocycles. The zero-order chi connectivity index (χ0) is 41.6. The largest absolute Gasteiger partial charge is 0.481 e. The summed E-state index contributed by atoms with van der Waals surface area (Å²) in [7, 11) is 0. The highest BCUT2D eigenvalue weighted by atomic mass is 16.4. The third kappa shape index (κ3) is 24.8. The number of amides is 5. The highest BCUT2D eigenvalue weighted by molar-refractivity contribution is 5.93. The lowest BCUT2D eigenvalue weighted by molar-refractivity contribution is -0.142. The van der Waals surface area contributed by atoms with Crippen LogP contribution in [0, 0.1) is 0 Å². The van der Waals surface area contributed by atoms with Crippen molar-refractivity contribution in [2.45, 2.75) is 172 Å². The van der Waals surface area contributed by atoms with Crippen molar-refractivity contribution >= 4 is 41.5 Å². The van der Waals surface area contributed by atoms with E-state index in [-0.39, 0.29) is 56.9 Å². The molecule has 316 valence electrons. The topological polar surface area (TPSA) is 260 Å². The van der Waals surface area contributed by atoms with Gasteiger partial charge in [-0.2, -0.15) is 0 Å². The number of carbonyl (C=O) groups is 7. The number of hydrogen-bond donors (Lipinski definition) is 8. The van der Waals surface area contributed by atoms with Crippen LogP contribution in [0.2, 0.25) is 0 Å². The maximum Gasteiger partial charge on any atom is 0.326 e. The molecule has 10 N–H and O–H groups in total. The van der Waals surface area contributed by atoms with E-state index in [9.17, 15) is 38.7 Å². The van der Waals surface area contributed by atoms with Gasteiger partial charge in [-0.15, -0.1) is 0 Å². The number of hydrogen-bond acceptors (Lipinski definition) is 8. The summed E-state index contributed by atoms with van der Waals surface area (Å²) in [5, 5.41) is 28.9. The molecular weight excluding hydrogens is 720 g/mol. The lowest BCUT2D eigenvalue weighted by atomic mass is 10.0. The first kappa shape index (κ1) is 49.5. The molecule has 0 saturated heterocycles. The SMILES string of the molecule is CCCCCCCCCCCCCCCC(=O)N[C@@H](CCC(=O)NCCCC[C@H](N)C(=O)N[C@@H](CCC(=O)O)C(=O)N[C@@H](Cc1ccccc1)C(N)=O)C(=O)O. The van der Waals surface area contributed by atoms with Gasteiger partial charge in [-0.1, -0.05) is 114 Å². The third-order valence-electron chi connectivity index (χ3n) is 9.62. The average Bonchev–Trinajstić information content (AvgIpc) is 3.16. The summed E-state index contributed by atoms with van der Waals surface area (Å²) in [6.45, 7) is 2.47. The van der Waals surface area contributed by atoms with Gasteiger partial charge in [0.2, 0.25) is 29.5 Å². The van der Waals surface area contributed by atoms with Crippen LogP contribution >= 0.6 is 0 Å². The van der Waals surface area contributed by atoms with Gasteiger partial charge < -0.3 is 42.9 Å². The fourth-order valence-corrected chi connectivity index (χ4v) is 6.20. The van der Waals surface area contributed by atoms with Crippen molar-refractivity contribution in [2.24, 2.45) is 11.5 Å². The molecule has 1 aromatic carbocycles. The second-order valence-corrected chi connectivity index (χ2v) is 14.6. The fourth-order valence-electron chi connectivity index (χ4n) is 6.20. The Kier molecular flexibility index (Phi) is 27.1. The standard InChI is InChI=1S/C41H68N6O9/c1-2-3-4-5-6-7-8-9-10-11-12-13-17-23-36(49)45-33(41(55)56)24-26-35(48)44-28-19-18-22-31(42)39(53)46-32(25-27-37(50)51)40(54)47-34(38(43)52)29-30-20-15-14-16-21-30/h14-16,20-21,31-34H,2-13,17-19,22-29,42H2,1H3,(H2,43,52)(H,44,48)(H,45,49)(H,46,53)(H,47,54)(H,50,51)(H,55,56)/t31-,32-,33-,34-/m0/s1. The highest BCUT2D eigenvalue weighted by Gasteiger charge is 2.28. The number of unbranched alkanes of at least 4 members (excludes halogenated alkanes) is 13. The molecule has 15 heteroatoms. The minimum atomic E-state index is -1.28. The Balaban J connectivity index is 2.34. The van der Waals surface area contributed by atoms with Crippen LogP contribution in [0.15, 0.2) is 30.3 Å². The van der Waals surface area contributed by atoms with Crippen molar-refractivity contribution in [3.05, 3.63) is 35.9 Å². The van der Waals surface area contributed by atoms with Crippen LogP contribution in [-0.4, -0.2) is 82.4 Å². The molecule has 15 nitrogen and oxygen atoms in total. The molecule has 0 aromatic heterocycles. The number of carbonyl (C=O) groups excluding carboxylic acids is 5. The maximum atomic E-state index is 13.0. The molecule has 1 aromatic rings. The Morgan fingerprint density at radius 1 is 0.589 bits per heavy atom. The molecular formula is C41H68N6O9. The van der Waals surface area contributed by atoms with Crippen molar-refractivity contribution in [3.8, 4) is 0 Å². The second-order valence-electron chi connectivity index (χ2n) is 14.6. The molecule has 0 fully saturated rings. The fraction of sp³-hybridized carbons (Fsp3) is 0.683. The van der Waals surface area contributed by atoms with Crippen molar-refractivity contribution in [3.63, 3.8) is 0 Å². The van der Waals surface area contributed by atoms with Crippen molar-refractivity contribution in [2.75, 3.05) is 6.54 Å². The Hall–Kier alpha value is -4.53. The summed E-state index contributed by atoms with van der Waals surface area (Å²) in [6.07, 6.45) is 16.0. The van der Waals surface area contributed by atoms with E-state index in [0.717, 1.165) is 24.8 Å². The van der Waals surface area contributed by atoms with Crippen LogP contribution in [0.1, 0.15) is 147 Å². The predicted molar refractivity (Wildman–Crippen MR) is 214 cm³/mol. The molecule has 0 bridgehead atoms. The van der Waals surface area contributed by atoms with Gasteiger partial charge in [-0.3, -0.25) is 28.8 Å². The van der Waals surface area contributed by atoms with Gasteiger partial charge in [-0.25, -0.2) is 4.79 Å². The van der Waals surface area contributed by atoms with Crippen LogP contribution in [-0.2, 0) is 40.0 Å². The van der Waals surface area contributed by atoms with Gasteiger partial charge in [-0.05, 0) is 44.1 Å². The Bertz CT molecular complexity index is 1330. The van der Waals surface area contributed by atoms with Crippen LogP contribution in [0.25, 0.3) is 0 Å². The zero-order valence-electron chi connectivity index (χ0n) is 33.4. The lowest BCUT2D eigenvalue weighted by Gasteiger charge is -2.23. The third-order valence-corrected chi connectivity index (χ3v) is 9.62. The van der Waals surface area contributed by atoms with Crippen LogP contribution < -0.4 is 32.7 Å². The zero-order valence-corrected chi connectivity index (χ0v) is 33.4. The molecule has 0 aliphatic carbocycles. The van der Waals surface area contributed by atoms with Crippen LogP contribution in [0.4, 0.5) is 0 Å². The lowest BCUT2D eigenvalue weighted by Crippen LogP contribution is -2.55. The number of benzene rings is 1. The van der Waals surface area contributed by atoms with E-state index in [1.807, 2.05) is 0 Å². The number of nitrogens with two attached hydrogens (primary N) is 2. The minimum absolute atomic E-state index is 0.0559. The number of rotatable bonds is 34. The van der Waals surface area contributed by atoms with Gasteiger partial charge in [0.1, 0.15) is 18.1 Å². The smallest absolute Gasteiger partial charge is 0.326 e. The van der Waals surface area contributed by atoms with Crippen molar-refractivity contribution < 1.29 is 43.8 Å². The first-order valence-electron chi connectivity index (χ1n) is 20.5. The molecule has 0 heterocycles. The molecule has 0 spiro atoms. The first-order valence-corrected chi connectivity index (χ1v) is 20.5. The van der Waals surface area contributed by atoms with Gasteiger partial charge in [0.15, 0.2) is 0 Å². The molecule has 5 amide bonds. The molecule has 0 unspecified atom stereocenters. The summed E-state index contributed by atoms with van der Waals surface area (Å²) in [5.41, 5.74) is 12.3. The molecule has 1 rings (SSSR count). The molecule has 0 radical (unpaired) electrons. The van der Waals surface area contributed by atoms with E-state index >= 15 is 0 Å². The molecule has 56 heavy (non-hydrogen) atoms. The first-order chi connectivity index (χ1) is 26.8. The van der Waals surface area contributed by atoms with E-state index < -0.39 is 60.2 Å². The summed E-state index contributed by atoms with van der Waals surface area (Å²) >= 11 is 0. The van der Waals surface area contributed by atoms with Crippen molar-refractivity contribution in [1.29, 1.82) is 0 Å². The predicted octanol–water partition coefficient (Wildman–Crippen LogP) is 3.99. The van der Waals surface area contributed by atoms with Gasteiger partial charge in [0.25, 0.3) is 0 Å². The monoisotopic (exact) mass is 789 g/mol.